The predicted molar refractivity (Wildman–Crippen MR) is 103 cm³/mol. The van der Waals surface area contributed by atoms with Gasteiger partial charge in [-0.2, -0.15) is 0 Å². The second kappa shape index (κ2) is 6.62. The zero-order chi connectivity index (χ0) is 18.3. The summed E-state index contributed by atoms with van der Waals surface area (Å²) in [6.45, 7) is 4.79. The van der Waals surface area contributed by atoms with E-state index < -0.39 is 9.84 Å². The van der Waals surface area contributed by atoms with E-state index in [0.29, 0.717) is 19.4 Å². The zero-order valence-electron chi connectivity index (χ0n) is 15.1. The van der Waals surface area contributed by atoms with Gasteiger partial charge in [-0.1, -0.05) is 18.2 Å². The lowest BCUT2D eigenvalue weighted by Gasteiger charge is -2.24. The Labute approximate surface area is 155 Å². The SMILES string of the molecule is Cc1cc(OC2CCS(=O)(=O)CC2)cc(C)c1-c1cccc2c1OC[CH]2. The molecule has 1 radical (unpaired) electrons. The molecule has 4 nitrogen and oxygen atoms in total. The molecule has 0 atom stereocenters. The minimum Gasteiger partial charge on any atom is -0.492 e. The fraction of sp³-hybridized carbons (Fsp3) is 0.381. The van der Waals surface area contributed by atoms with Gasteiger partial charge < -0.3 is 9.47 Å². The molecule has 2 aliphatic rings. The standard InChI is InChI=1S/C21H23O4S/c1-14-12-18(25-17-7-10-26(22,23)11-8-17)13-15(2)20(14)19-5-3-4-16-6-9-24-21(16)19/h3-6,12-13,17H,7-11H2,1-2H3. The third kappa shape index (κ3) is 3.32. The number of para-hydroxylation sites is 1. The topological polar surface area (TPSA) is 52.6 Å². The number of rotatable bonds is 3. The van der Waals surface area contributed by atoms with E-state index in [1.807, 2.05) is 12.1 Å². The molecule has 1 fully saturated rings. The van der Waals surface area contributed by atoms with Crippen LogP contribution in [-0.2, 0) is 9.84 Å². The van der Waals surface area contributed by atoms with Crippen LogP contribution in [0.5, 0.6) is 11.5 Å². The summed E-state index contributed by atoms with van der Waals surface area (Å²) in [6.07, 6.45) is 3.20. The van der Waals surface area contributed by atoms with Crippen molar-refractivity contribution >= 4 is 9.84 Å². The van der Waals surface area contributed by atoms with E-state index >= 15 is 0 Å². The summed E-state index contributed by atoms with van der Waals surface area (Å²) in [6, 6.07) is 10.3. The molecule has 137 valence electrons. The lowest BCUT2D eigenvalue weighted by Crippen LogP contribution is -2.30. The Balaban J connectivity index is 1.61. The van der Waals surface area contributed by atoms with Gasteiger partial charge in [0.05, 0.1) is 18.1 Å². The largest absolute Gasteiger partial charge is 0.492 e. The van der Waals surface area contributed by atoms with Crippen molar-refractivity contribution in [2.75, 3.05) is 18.1 Å². The minimum absolute atomic E-state index is 0.0259. The molecule has 0 bridgehead atoms. The highest BCUT2D eigenvalue weighted by molar-refractivity contribution is 7.91. The van der Waals surface area contributed by atoms with Gasteiger partial charge in [0, 0.05) is 17.5 Å². The van der Waals surface area contributed by atoms with Gasteiger partial charge in [-0.15, -0.1) is 0 Å². The quantitative estimate of drug-likeness (QED) is 0.822. The van der Waals surface area contributed by atoms with Crippen LogP contribution in [0, 0.1) is 20.3 Å². The normalized spacial score (nSPS) is 19.0. The molecule has 5 heteroatoms. The molecule has 2 aliphatic heterocycles. The third-order valence-electron chi connectivity index (χ3n) is 5.16. The number of sulfone groups is 1. The molecule has 0 unspecified atom stereocenters. The number of ether oxygens (including phenoxy) is 2. The molecule has 0 aromatic heterocycles. The average molecular weight is 371 g/mol. The maximum Gasteiger partial charge on any atom is 0.150 e. The number of fused-ring (bicyclic) bond motifs is 1. The summed E-state index contributed by atoms with van der Waals surface area (Å²) in [5.41, 5.74) is 5.70. The number of aryl methyl sites for hydroxylation is 2. The van der Waals surface area contributed by atoms with Crippen molar-refractivity contribution < 1.29 is 17.9 Å². The van der Waals surface area contributed by atoms with Crippen molar-refractivity contribution in [2.45, 2.75) is 32.8 Å². The lowest BCUT2D eigenvalue weighted by atomic mass is 9.93. The Kier molecular flexibility index (Phi) is 4.43. The molecule has 2 aromatic carbocycles. The third-order valence-corrected chi connectivity index (χ3v) is 6.87. The van der Waals surface area contributed by atoms with Crippen molar-refractivity contribution in [2.24, 2.45) is 0 Å². The highest BCUT2D eigenvalue weighted by atomic mass is 32.2. The van der Waals surface area contributed by atoms with E-state index in [1.54, 1.807) is 0 Å². The van der Waals surface area contributed by atoms with Gasteiger partial charge in [-0.05, 0) is 55.5 Å². The van der Waals surface area contributed by atoms with Gasteiger partial charge in [0.15, 0.2) is 9.84 Å². The van der Waals surface area contributed by atoms with Crippen LogP contribution in [0.2, 0.25) is 0 Å². The molecule has 2 aromatic rings. The van der Waals surface area contributed by atoms with Crippen LogP contribution < -0.4 is 9.47 Å². The summed E-state index contributed by atoms with van der Waals surface area (Å²) in [7, 11) is -2.87. The number of hydrogen-bond donors (Lipinski definition) is 0. The van der Waals surface area contributed by atoms with Crippen LogP contribution in [0.1, 0.15) is 29.5 Å². The highest BCUT2D eigenvalue weighted by Gasteiger charge is 2.25. The summed E-state index contributed by atoms with van der Waals surface area (Å²) in [5, 5.41) is 0. The highest BCUT2D eigenvalue weighted by Crippen LogP contribution is 2.41. The Morgan fingerprint density at radius 3 is 2.46 bits per heavy atom. The van der Waals surface area contributed by atoms with E-state index in [0.717, 1.165) is 33.8 Å². The van der Waals surface area contributed by atoms with E-state index in [4.69, 9.17) is 9.47 Å². The Bertz CT molecular complexity index is 909. The van der Waals surface area contributed by atoms with Crippen LogP contribution in [0.4, 0.5) is 0 Å². The molecule has 0 N–H and O–H groups in total. The van der Waals surface area contributed by atoms with E-state index in [9.17, 15) is 8.42 Å². The molecule has 0 saturated carbocycles. The van der Waals surface area contributed by atoms with Crippen LogP contribution in [0.15, 0.2) is 30.3 Å². The Hall–Kier alpha value is -2.01. The second-order valence-corrected chi connectivity index (χ2v) is 9.44. The van der Waals surface area contributed by atoms with E-state index in [2.05, 4.69) is 38.5 Å². The fourth-order valence-electron chi connectivity index (χ4n) is 3.88. The fourth-order valence-corrected chi connectivity index (χ4v) is 5.33. The number of benzene rings is 2. The van der Waals surface area contributed by atoms with Gasteiger partial charge in [0.25, 0.3) is 0 Å². The molecule has 1 saturated heterocycles. The Morgan fingerprint density at radius 2 is 1.77 bits per heavy atom. The van der Waals surface area contributed by atoms with Crippen molar-refractivity contribution in [3.63, 3.8) is 0 Å². The molecule has 4 rings (SSSR count). The van der Waals surface area contributed by atoms with Crippen molar-refractivity contribution in [1.29, 1.82) is 0 Å². The van der Waals surface area contributed by atoms with Crippen molar-refractivity contribution in [3.05, 3.63) is 53.4 Å². The molecular formula is C21H23O4S. The van der Waals surface area contributed by atoms with Gasteiger partial charge >= 0.3 is 0 Å². The maximum atomic E-state index is 11.6. The van der Waals surface area contributed by atoms with Crippen LogP contribution >= 0.6 is 0 Å². The average Bonchev–Trinajstić information content (AvgIpc) is 3.06. The summed E-state index contributed by atoms with van der Waals surface area (Å²) in [4.78, 5) is 0. The summed E-state index contributed by atoms with van der Waals surface area (Å²) in [5.74, 6) is 2.20. The van der Waals surface area contributed by atoms with Crippen molar-refractivity contribution in [1.82, 2.24) is 0 Å². The number of hydrogen-bond acceptors (Lipinski definition) is 4. The first-order chi connectivity index (χ1) is 12.4. The maximum absolute atomic E-state index is 11.6. The zero-order valence-corrected chi connectivity index (χ0v) is 15.9. The van der Waals surface area contributed by atoms with Gasteiger partial charge in [0.2, 0.25) is 0 Å². The smallest absolute Gasteiger partial charge is 0.150 e. The van der Waals surface area contributed by atoms with E-state index in [1.165, 1.54) is 5.56 Å². The van der Waals surface area contributed by atoms with Crippen molar-refractivity contribution in [3.8, 4) is 22.6 Å². The van der Waals surface area contributed by atoms with E-state index in [-0.39, 0.29) is 17.6 Å². The first-order valence-electron chi connectivity index (χ1n) is 9.01. The Morgan fingerprint density at radius 1 is 1.08 bits per heavy atom. The summed E-state index contributed by atoms with van der Waals surface area (Å²) < 4.78 is 35.1. The molecule has 2 heterocycles. The predicted octanol–water partition coefficient (Wildman–Crippen LogP) is 3.87. The molecule has 0 amide bonds. The monoisotopic (exact) mass is 371 g/mol. The first kappa shape index (κ1) is 17.4. The lowest BCUT2D eigenvalue weighted by molar-refractivity contribution is 0.189. The summed E-state index contributed by atoms with van der Waals surface area (Å²) >= 11 is 0. The molecule has 0 spiro atoms. The van der Waals surface area contributed by atoms with Crippen LogP contribution in [-0.4, -0.2) is 32.6 Å². The van der Waals surface area contributed by atoms with Gasteiger partial charge in [-0.25, -0.2) is 8.42 Å². The van der Waals surface area contributed by atoms with Gasteiger partial charge in [-0.3, -0.25) is 0 Å². The molecule has 26 heavy (non-hydrogen) atoms. The first-order valence-corrected chi connectivity index (χ1v) is 10.8. The molecule has 0 aliphatic carbocycles. The van der Waals surface area contributed by atoms with Gasteiger partial charge in [0.1, 0.15) is 17.6 Å². The van der Waals surface area contributed by atoms with Crippen LogP contribution in [0.25, 0.3) is 11.1 Å². The molecular weight excluding hydrogens is 348 g/mol. The second-order valence-electron chi connectivity index (χ2n) is 7.14. The van der Waals surface area contributed by atoms with Crippen LogP contribution in [0.3, 0.4) is 0 Å². The minimum atomic E-state index is -2.87.